The molecule has 0 heterocycles. The fourth-order valence-corrected chi connectivity index (χ4v) is 1.21. The Bertz CT molecular complexity index is 148. The quantitative estimate of drug-likeness (QED) is 0.589. The molecule has 14 heavy (non-hydrogen) atoms. The summed E-state index contributed by atoms with van der Waals surface area (Å²) in [5, 5.41) is 0. The van der Waals surface area contributed by atoms with Crippen molar-refractivity contribution in [2.75, 3.05) is 6.61 Å². The molecule has 0 spiro atoms. The molecule has 0 aliphatic rings. The van der Waals surface area contributed by atoms with Crippen LogP contribution in [0.3, 0.4) is 0 Å². The van der Waals surface area contributed by atoms with Crippen LogP contribution in [0.15, 0.2) is 0 Å². The maximum Gasteiger partial charge on any atom is 0.305 e. The molecule has 0 bridgehead atoms. The van der Waals surface area contributed by atoms with Crippen molar-refractivity contribution in [3.63, 3.8) is 0 Å². The van der Waals surface area contributed by atoms with E-state index in [-0.39, 0.29) is 5.97 Å². The monoisotopic (exact) mass is 200 g/mol. The minimum atomic E-state index is -0.0365. The van der Waals surface area contributed by atoms with Crippen molar-refractivity contribution in [3.05, 3.63) is 0 Å². The Balaban J connectivity index is 3.52. The van der Waals surface area contributed by atoms with Gasteiger partial charge in [-0.15, -0.1) is 0 Å². The zero-order valence-electron chi connectivity index (χ0n) is 10.0. The van der Waals surface area contributed by atoms with Crippen LogP contribution in [-0.4, -0.2) is 12.6 Å². The Hall–Kier alpha value is -0.530. The van der Waals surface area contributed by atoms with Gasteiger partial charge in [0.15, 0.2) is 0 Å². The lowest BCUT2D eigenvalue weighted by molar-refractivity contribution is -0.145. The largest absolute Gasteiger partial charge is 0.465 e. The molecule has 0 aromatic heterocycles. The van der Waals surface area contributed by atoms with Crippen molar-refractivity contribution >= 4 is 5.97 Å². The number of rotatable bonds is 7. The molecule has 0 aromatic carbocycles. The molecular weight excluding hydrogens is 176 g/mol. The summed E-state index contributed by atoms with van der Waals surface area (Å²) in [5.41, 5.74) is 0. The molecule has 2 heteroatoms. The molecule has 2 nitrogen and oxygen atoms in total. The predicted octanol–water partition coefficient (Wildman–Crippen LogP) is 3.40. The summed E-state index contributed by atoms with van der Waals surface area (Å²) < 4.78 is 5.20. The van der Waals surface area contributed by atoms with Crippen molar-refractivity contribution in [1.29, 1.82) is 0 Å². The van der Waals surface area contributed by atoms with Gasteiger partial charge in [-0.3, -0.25) is 4.79 Å². The number of carbonyl (C=O) groups is 1. The van der Waals surface area contributed by atoms with E-state index in [9.17, 15) is 4.79 Å². The second-order valence-corrected chi connectivity index (χ2v) is 4.30. The van der Waals surface area contributed by atoms with Crippen molar-refractivity contribution in [2.45, 2.75) is 53.4 Å². The Labute approximate surface area is 88.0 Å². The zero-order valence-corrected chi connectivity index (χ0v) is 10.0. The van der Waals surface area contributed by atoms with Crippen molar-refractivity contribution < 1.29 is 9.53 Å². The van der Waals surface area contributed by atoms with Crippen molar-refractivity contribution in [2.24, 2.45) is 11.8 Å². The Morgan fingerprint density at radius 2 is 1.79 bits per heavy atom. The normalized spacial score (nSPS) is 11.0. The van der Waals surface area contributed by atoms with Gasteiger partial charge in [0.2, 0.25) is 0 Å². The summed E-state index contributed by atoms with van der Waals surface area (Å²) in [6, 6.07) is 0. The van der Waals surface area contributed by atoms with Crippen LogP contribution in [-0.2, 0) is 9.53 Å². The molecule has 0 rings (SSSR count). The standard InChI is InChI=1S/C12H24O2/c1-5-11(6-2)9-14-12(13)8-7-10(3)4/h10-11H,5-9H2,1-4H3. The highest BCUT2D eigenvalue weighted by Gasteiger charge is 2.08. The zero-order chi connectivity index (χ0) is 11.0. The summed E-state index contributed by atoms with van der Waals surface area (Å²) in [6.07, 6.45) is 3.68. The Morgan fingerprint density at radius 3 is 2.21 bits per heavy atom. The van der Waals surface area contributed by atoms with Crippen LogP contribution in [0.25, 0.3) is 0 Å². The first-order valence-electron chi connectivity index (χ1n) is 5.75. The first-order valence-corrected chi connectivity index (χ1v) is 5.75. The lowest BCUT2D eigenvalue weighted by Crippen LogP contribution is -2.13. The van der Waals surface area contributed by atoms with Gasteiger partial charge in [-0.2, -0.15) is 0 Å². The summed E-state index contributed by atoms with van der Waals surface area (Å²) >= 11 is 0. The molecular formula is C12H24O2. The van der Waals surface area contributed by atoms with E-state index in [1.54, 1.807) is 0 Å². The first kappa shape index (κ1) is 13.5. The molecule has 0 unspecified atom stereocenters. The van der Waals surface area contributed by atoms with Gasteiger partial charge in [0.25, 0.3) is 0 Å². The molecule has 0 saturated heterocycles. The number of hydrogen-bond donors (Lipinski definition) is 0. The highest BCUT2D eigenvalue weighted by Crippen LogP contribution is 2.09. The van der Waals surface area contributed by atoms with Gasteiger partial charge in [-0.1, -0.05) is 40.5 Å². The van der Waals surface area contributed by atoms with Gasteiger partial charge >= 0.3 is 5.97 Å². The van der Waals surface area contributed by atoms with Gasteiger partial charge in [0, 0.05) is 6.42 Å². The van der Waals surface area contributed by atoms with E-state index in [0.29, 0.717) is 24.9 Å². The van der Waals surface area contributed by atoms with Crippen molar-refractivity contribution in [3.8, 4) is 0 Å². The van der Waals surface area contributed by atoms with Crippen LogP contribution >= 0.6 is 0 Å². The minimum Gasteiger partial charge on any atom is -0.465 e. The molecule has 0 N–H and O–H groups in total. The molecule has 0 aromatic rings. The molecule has 0 atom stereocenters. The average Bonchev–Trinajstić information content (AvgIpc) is 2.16. The van der Waals surface area contributed by atoms with Crippen LogP contribution in [0.2, 0.25) is 0 Å². The van der Waals surface area contributed by atoms with E-state index in [0.717, 1.165) is 19.3 Å². The Kier molecular flexibility index (Phi) is 7.54. The SMILES string of the molecule is CCC(CC)COC(=O)CCC(C)C. The minimum absolute atomic E-state index is 0.0365. The summed E-state index contributed by atoms with van der Waals surface area (Å²) in [6.45, 7) is 9.11. The predicted molar refractivity (Wildman–Crippen MR) is 59.1 cm³/mol. The maximum atomic E-state index is 11.3. The summed E-state index contributed by atoms with van der Waals surface area (Å²) in [5.74, 6) is 1.08. The Morgan fingerprint density at radius 1 is 1.21 bits per heavy atom. The van der Waals surface area contributed by atoms with Gasteiger partial charge in [0.1, 0.15) is 0 Å². The molecule has 0 fully saturated rings. The van der Waals surface area contributed by atoms with E-state index >= 15 is 0 Å². The fraction of sp³-hybridized carbons (Fsp3) is 0.917. The fourth-order valence-electron chi connectivity index (χ4n) is 1.21. The lowest BCUT2D eigenvalue weighted by Gasteiger charge is -2.12. The van der Waals surface area contributed by atoms with E-state index < -0.39 is 0 Å². The molecule has 0 amide bonds. The van der Waals surface area contributed by atoms with Crippen LogP contribution in [0.5, 0.6) is 0 Å². The third kappa shape index (κ3) is 6.93. The van der Waals surface area contributed by atoms with Crippen molar-refractivity contribution in [1.82, 2.24) is 0 Å². The summed E-state index contributed by atoms with van der Waals surface area (Å²) in [4.78, 5) is 11.3. The van der Waals surface area contributed by atoms with Crippen LogP contribution in [0.4, 0.5) is 0 Å². The van der Waals surface area contributed by atoms with Gasteiger partial charge in [-0.25, -0.2) is 0 Å². The maximum absolute atomic E-state index is 11.3. The van der Waals surface area contributed by atoms with E-state index in [1.165, 1.54) is 0 Å². The molecule has 0 saturated carbocycles. The molecule has 84 valence electrons. The van der Waals surface area contributed by atoms with Crippen LogP contribution in [0, 0.1) is 11.8 Å². The highest BCUT2D eigenvalue weighted by atomic mass is 16.5. The smallest absolute Gasteiger partial charge is 0.305 e. The number of esters is 1. The second-order valence-electron chi connectivity index (χ2n) is 4.30. The number of carbonyl (C=O) groups excluding carboxylic acids is 1. The third-order valence-electron chi connectivity index (χ3n) is 2.56. The van der Waals surface area contributed by atoms with Crippen LogP contribution < -0.4 is 0 Å². The number of hydrogen-bond acceptors (Lipinski definition) is 2. The van der Waals surface area contributed by atoms with Crippen LogP contribution in [0.1, 0.15) is 53.4 Å². The average molecular weight is 200 g/mol. The number of ether oxygens (including phenoxy) is 1. The van der Waals surface area contributed by atoms with E-state index in [1.807, 2.05) is 0 Å². The van der Waals surface area contributed by atoms with E-state index in [2.05, 4.69) is 27.7 Å². The van der Waals surface area contributed by atoms with Gasteiger partial charge in [-0.05, 0) is 18.3 Å². The molecule has 0 radical (unpaired) electrons. The highest BCUT2D eigenvalue weighted by molar-refractivity contribution is 5.69. The molecule has 0 aliphatic heterocycles. The lowest BCUT2D eigenvalue weighted by atomic mass is 10.1. The first-order chi connectivity index (χ1) is 6.60. The topological polar surface area (TPSA) is 26.3 Å². The second kappa shape index (κ2) is 7.84. The third-order valence-corrected chi connectivity index (χ3v) is 2.56. The molecule has 0 aliphatic carbocycles. The summed E-state index contributed by atoms with van der Waals surface area (Å²) in [7, 11) is 0. The van der Waals surface area contributed by atoms with E-state index in [4.69, 9.17) is 4.74 Å². The van der Waals surface area contributed by atoms with Gasteiger partial charge < -0.3 is 4.74 Å². The van der Waals surface area contributed by atoms with Gasteiger partial charge in [0.05, 0.1) is 6.61 Å².